The third-order valence-electron chi connectivity index (χ3n) is 5.31. The van der Waals surface area contributed by atoms with Gasteiger partial charge in [0.05, 0.1) is 12.1 Å². The minimum Gasteiger partial charge on any atom is -0.382 e. The molecule has 0 radical (unpaired) electrons. The van der Waals surface area contributed by atoms with Crippen molar-refractivity contribution in [2.24, 2.45) is 0 Å². The number of fused-ring (bicyclic) bond motifs is 1. The van der Waals surface area contributed by atoms with E-state index in [0.29, 0.717) is 16.2 Å². The van der Waals surface area contributed by atoms with E-state index in [2.05, 4.69) is 10.1 Å². The van der Waals surface area contributed by atoms with Gasteiger partial charge in [-0.3, -0.25) is 4.79 Å². The monoisotopic (exact) mass is 489 g/mol. The summed E-state index contributed by atoms with van der Waals surface area (Å²) in [6.07, 6.45) is -0.657. The van der Waals surface area contributed by atoms with Gasteiger partial charge in [-0.05, 0) is 47.9 Å². The molecule has 4 N–H and O–H groups in total. The number of amides is 1. The van der Waals surface area contributed by atoms with Gasteiger partial charge in [-0.2, -0.15) is 4.98 Å². The Balaban J connectivity index is 1.57. The number of rotatable bonds is 6. The van der Waals surface area contributed by atoms with Crippen molar-refractivity contribution in [2.75, 3.05) is 12.3 Å². The number of nitrogen functional groups attached to an aromatic ring is 1. The molecule has 1 atom stereocenters. The van der Waals surface area contributed by atoms with Crippen LogP contribution in [0.4, 0.5) is 19.1 Å². The summed E-state index contributed by atoms with van der Waals surface area (Å²) >= 11 is 5.74. The lowest BCUT2D eigenvalue weighted by Gasteiger charge is -2.23. The average molecular weight is 490 g/mol. The Hall–Kier alpha value is -3.63. The number of aliphatic hydroxyl groups is 1. The zero-order valence-corrected chi connectivity index (χ0v) is 18.5. The maximum atomic E-state index is 15.4. The third kappa shape index (κ3) is 4.55. The first kappa shape index (κ1) is 23.5. The van der Waals surface area contributed by atoms with Crippen LogP contribution in [0.5, 0.6) is 0 Å². The molecule has 0 aliphatic heterocycles. The molecule has 2 aromatic carbocycles. The van der Waals surface area contributed by atoms with Crippen LogP contribution < -0.4 is 11.1 Å². The highest BCUT2D eigenvalue weighted by atomic mass is 35.5. The minimum atomic E-state index is -3.72. The summed E-state index contributed by atoms with van der Waals surface area (Å²) in [5.41, 5.74) is 6.22. The fourth-order valence-electron chi connectivity index (χ4n) is 3.51. The molecule has 0 fully saturated rings. The molecule has 4 rings (SSSR count). The Morgan fingerprint density at radius 1 is 1.24 bits per heavy atom. The van der Waals surface area contributed by atoms with Crippen LogP contribution in [0.1, 0.15) is 27.6 Å². The second-order valence-corrected chi connectivity index (χ2v) is 8.14. The largest absolute Gasteiger partial charge is 0.382 e. The summed E-state index contributed by atoms with van der Waals surface area (Å²) < 4.78 is 45.9. The van der Waals surface area contributed by atoms with E-state index in [0.717, 1.165) is 0 Å². The summed E-state index contributed by atoms with van der Waals surface area (Å²) in [6.45, 7) is 0.286. The van der Waals surface area contributed by atoms with Crippen molar-refractivity contribution in [2.45, 2.75) is 19.0 Å². The number of benzene rings is 2. The predicted molar refractivity (Wildman–Crippen MR) is 121 cm³/mol. The number of carbonyl (C=O) groups is 1. The highest BCUT2D eigenvalue weighted by Crippen LogP contribution is 2.32. The van der Waals surface area contributed by atoms with Crippen LogP contribution in [0.3, 0.4) is 0 Å². The lowest BCUT2D eigenvalue weighted by Crippen LogP contribution is -2.41. The fraction of sp³-hybridized carbons (Fsp3) is 0.174. The van der Waals surface area contributed by atoms with Crippen LogP contribution in [0.25, 0.3) is 16.8 Å². The van der Waals surface area contributed by atoms with Gasteiger partial charge in [0.25, 0.3) is 11.8 Å². The number of nitrogens with one attached hydrogen (secondary N) is 1. The highest BCUT2D eigenvalue weighted by molar-refractivity contribution is 6.30. The van der Waals surface area contributed by atoms with Crippen LogP contribution in [0.15, 0.2) is 54.7 Å². The lowest BCUT2D eigenvalue weighted by atomic mass is 9.98. The number of anilines is 1. The van der Waals surface area contributed by atoms with Crippen LogP contribution >= 0.6 is 11.6 Å². The number of alkyl halides is 2. The van der Waals surface area contributed by atoms with Gasteiger partial charge in [-0.1, -0.05) is 35.9 Å². The number of nitrogens with zero attached hydrogens (tertiary/aromatic N) is 3. The predicted octanol–water partition coefficient (Wildman–Crippen LogP) is 4.18. The van der Waals surface area contributed by atoms with Gasteiger partial charge in [-0.15, -0.1) is 5.10 Å². The van der Waals surface area contributed by atoms with Gasteiger partial charge in [0, 0.05) is 16.8 Å². The number of aromatic nitrogens is 3. The van der Waals surface area contributed by atoms with Crippen molar-refractivity contribution in [3.8, 4) is 11.1 Å². The number of hydrogen-bond donors (Lipinski definition) is 3. The molecule has 1 amide bonds. The Morgan fingerprint density at radius 2 is 1.94 bits per heavy atom. The zero-order valence-electron chi connectivity index (χ0n) is 17.8. The van der Waals surface area contributed by atoms with E-state index < -0.39 is 30.3 Å². The van der Waals surface area contributed by atoms with Gasteiger partial charge in [0.2, 0.25) is 5.95 Å². The van der Waals surface area contributed by atoms with Crippen LogP contribution in [0.2, 0.25) is 5.02 Å². The molecule has 34 heavy (non-hydrogen) atoms. The molecule has 0 aliphatic carbocycles. The Bertz CT molecular complexity index is 1380. The molecule has 1 unspecified atom stereocenters. The highest BCUT2D eigenvalue weighted by Gasteiger charge is 2.40. The number of aliphatic hydroxyl groups excluding tert-OH is 1. The van der Waals surface area contributed by atoms with E-state index in [1.165, 1.54) is 60.1 Å². The van der Waals surface area contributed by atoms with Gasteiger partial charge >= 0.3 is 0 Å². The molecule has 7 nitrogen and oxygen atoms in total. The second-order valence-electron chi connectivity index (χ2n) is 7.70. The molecule has 0 aliphatic rings. The van der Waals surface area contributed by atoms with Crippen molar-refractivity contribution in [3.63, 3.8) is 0 Å². The fourth-order valence-corrected chi connectivity index (χ4v) is 3.64. The van der Waals surface area contributed by atoms with Gasteiger partial charge < -0.3 is 16.2 Å². The Kier molecular flexibility index (Phi) is 6.20. The number of aryl methyl sites for hydroxylation is 1. The molecule has 11 heteroatoms. The average Bonchev–Trinajstić information content (AvgIpc) is 3.17. The molecule has 176 valence electrons. The van der Waals surface area contributed by atoms with Crippen LogP contribution in [0, 0.1) is 12.7 Å². The first-order valence-electron chi connectivity index (χ1n) is 10.1. The minimum absolute atomic E-state index is 0.0447. The molecule has 0 saturated carbocycles. The van der Waals surface area contributed by atoms with Gasteiger partial charge in [0.1, 0.15) is 11.9 Å². The number of hydrogen-bond acceptors (Lipinski definition) is 5. The molecule has 2 aromatic heterocycles. The van der Waals surface area contributed by atoms with Crippen LogP contribution in [-0.4, -0.2) is 38.1 Å². The Morgan fingerprint density at radius 3 is 2.65 bits per heavy atom. The number of pyridine rings is 1. The van der Waals surface area contributed by atoms with Crippen LogP contribution in [-0.2, 0) is 0 Å². The van der Waals surface area contributed by atoms with E-state index in [4.69, 9.17) is 17.3 Å². The molecular formula is C23H19ClF3N5O2. The quantitative estimate of drug-likeness (QED) is 0.377. The summed E-state index contributed by atoms with van der Waals surface area (Å²) in [7, 11) is 0. The molecular weight excluding hydrogens is 471 g/mol. The van der Waals surface area contributed by atoms with Crippen molar-refractivity contribution < 1.29 is 23.1 Å². The third-order valence-corrected chi connectivity index (χ3v) is 5.56. The number of halogens is 4. The maximum Gasteiger partial charge on any atom is 0.294 e. The first-order valence-corrected chi connectivity index (χ1v) is 10.5. The first-order chi connectivity index (χ1) is 16.1. The second kappa shape index (κ2) is 8.96. The summed E-state index contributed by atoms with van der Waals surface area (Å²) in [5.74, 6) is -5.59. The summed E-state index contributed by atoms with van der Waals surface area (Å²) in [5, 5.41) is 16.4. The van der Waals surface area contributed by atoms with E-state index in [-0.39, 0.29) is 28.2 Å². The van der Waals surface area contributed by atoms with Crippen molar-refractivity contribution in [1.82, 2.24) is 19.9 Å². The normalized spacial score (nSPS) is 12.6. The van der Waals surface area contributed by atoms with Crippen molar-refractivity contribution >= 4 is 29.1 Å². The molecule has 0 spiro atoms. The van der Waals surface area contributed by atoms with Crippen molar-refractivity contribution in [1.29, 1.82) is 0 Å². The number of carbonyl (C=O) groups excluding carboxylic acids is 1. The van der Waals surface area contributed by atoms with E-state index in [1.807, 2.05) is 5.32 Å². The molecule has 0 bridgehead atoms. The lowest BCUT2D eigenvalue weighted by molar-refractivity contribution is -0.106. The number of nitrogens with two attached hydrogens (primary N) is 1. The van der Waals surface area contributed by atoms with Crippen molar-refractivity contribution in [3.05, 3.63) is 82.3 Å². The van der Waals surface area contributed by atoms with Gasteiger partial charge in [0.15, 0.2) is 5.65 Å². The zero-order chi connectivity index (χ0) is 24.6. The van der Waals surface area contributed by atoms with Gasteiger partial charge in [-0.25, -0.2) is 17.7 Å². The van der Waals surface area contributed by atoms with E-state index >= 15 is 4.39 Å². The van der Waals surface area contributed by atoms with E-state index in [9.17, 15) is 18.7 Å². The molecule has 4 aromatic rings. The topological polar surface area (TPSA) is 106 Å². The maximum absolute atomic E-state index is 15.4. The molecule has 2 heterocycles. The standard InChI is InChI=1S/C23H19ClF3N5O2/c1-12-2-7-16(14-8-9-32-17(10-14)30-22(28)31-32)19(25)18(12)21(34)29-11-23(26,27)20(33)13-3-5-15(24)6-4-13/h2-10,20,33H,11H2,1H3,(H2,28,31)(H,29,34). The smallest absolute Gasteiger partial charge is 0.294 e. The molecule has 0 saturated heterocycles. The summed E-state index contributed by atoms with van der Waals surface area (Å²) in [4.78, 5) is 16.7. The Labute approximate surface area is 197 Å². The van der Waals surface area contributed by atoms with E-state index in [1.54, 1.807) is 6.07 Å². The SMILES string of the molecule is Cc1ccc(-c2ccn3nc(N)nc3c2)c(F)c1C(=O)NCC(F)(F)C(O)c1ccc(Cl)cc1. The summed E-state index contributed by atoms with van der Waals surface area (Å²) in [6, 6.07) is 11.3.